The Labute approximate surface area is 133 Å². The van der Waals surface area contributed by atoms with E-state index < -0.39 is 0 Å². The molecule has 2 saturated carbocycles. The van der Waals surface area contributed by atoms with E-state index in [4.69, 9.17) is 11.6 Å². The minimum Gasteiger partial charge on any atom is -0.373 e. The molecular weight excluding hydrogens is 280 g/mol. The van der Waals surface area contributed by atoms with E-state index in [0.29, 0.717) is 0 Å². The van der Waals surface area contributed by atoms with Crippen molar-refractivity contribution < 1.29 is 0 Å². The summed E-state index contributed by atoms with van der Waals surface area (Å²) in [4.78, 5) is 2.37. The van der Waals surface area contributed by atoms with Crippen molar-refractivity contribution in [2.75, 3.05) is 25.0 Å². The quantitative estimate of drug-likeness (QED) is 0.842. The van der Waals surface area contributed by atoms with Gasteiger partial charge in [0.15, 0.2) is 0 Å². The molecular formula is C18H27ClN2. The molecule has 2 nitrogen and oxygen atoms in total. The van der Waals surface area contributed by atoms with Crippen molar-refractivity contribution in [1.29, 1.82) is 0 Å². The number of hydrogen-bond donors (Lipinski definition) is 1. The second-order valence-corrected chi connectivity index (χ2v) is 7.29. The van der Waals surface area contributed by atoms with Crippen LogP contribution in [0.15, 0.2) is 18.2 Å². The standard InChI is InChI=1S/C18H27ClN2/c1-3-20-11-14-5-7-18(17(19)10-14)21(2)12-16-9-13-4-6-15(16)8-13/h5,7,10,13,15-16,20H,3-4,6,8-9,11-12H2,1-2H3. The molecule has 2 fully saturated rings. The van der Waals surface area contributed by atoms with Crippen molar-refractivity contribution in [1.82, 2.24) is 5.32 Å². The Morgan fingerprint density at radius 3 is 2.76 bits per heavy atom. The number of rotatable bonds is 6. The van der Waals surface area contributed by atoms with Crippen molar-refractivity contribution in [3.05, 3.63) is 28.8 Å². The van der Waals surface area contributed by atoms with Crippen LogP contribution in [0.3, 0.4) is 0 Å². The van der Waals surface area contributed by atoms with E-state index in [1.165, 1.54) is 36.9 Å². The van der Waals surface area contributed by atoms with Crippen molar-refractivity contribution in [3.63, 3.8) is 0 Å². The molecule has 3 atom stereocenters. The third-order valence-corrected chi connectivity index (χ3v) is 5.70. The summed E-state index contributed by atoms with van der Waals surface area (Å²) in [6, 6.07) is 6.49. The Morgan fingerprint density at radius 1 is 1.29 bits per heavy atom. The smallest absolute Gasteiger partial charge is 0.0642 e. The van der Waals surface area contributed by atoms with Gasteiger partial charge in [-0.25, -0.2) is 0 Å². The zero-order chi connectivity index (χ0) is 14.8. The fourth-order valence-corrected chi connectivity index (χ4v) is 4.64. The van der Waals surface area contributed by atoms with E-state index in [0.717, 1.165) is 42.4 Å². The lowest BCUT2D eigenvalue weighted by atomic mass is 9.88. The van der Waals surface area contributed by atoms with Crippen LogP contribution in [0.1, 0.15) is 38.2 Å². The molecule has 3 unspecified atom stereocenters. The number of nitrogens with zero attached hydrogens (tertiary/aromatic N) is 1. The average Bonchev–Trinajstić information content (AvgIpc) is 3.07. The topological polar surface area (TPSA) is 15.3 Å². The van der Waals surface area contributed by atoms with Gasteiger partial charge in [0.1, 0.15) is 0 Å². The van der Waals surface area contributed by atoms with E-state index in [1.54, 1.807) is 0 Å². The Kier molecular flexibility index (Phi) is 4.75. The van der Waals surface area contributed by atoms with Gasteiger partial charge in [0.25, 0.3) is 0 Å². The van der Waals surface area contributed by atoms with E-state index in [2.05, 4.69) is 42.4 Å². The highest BCUT2D eigenvalue weighted by atomic mass is 35.5. The maximum atomic E-state index is 6.50. The SMILES string of the molecule is CCNCc1ccc(N(C)CC2CC3CCC2C3)c(Cl)c1. The predicted molar refractivity (Wildman–Crippen MR) is 91.0 cm³/mol. The van der Waals surface area contributed by atoms with E-state index in [-0.39, 0.29) is 0 Å². The first kappa shape index (κ1) is 15.2. The fraction of sp³-hybridized carbons (Fsp3) is 0.667. The largest absolute Gasteiger partial charge is 0.373 e. The zero-order valence-corrected chi connectivity index (χ0v) is 14.0. The predicted octanol–water partition coefficient (Wildman–Crippen LogP) is 4.32. The Balaban J connectivity index is 1.62. The number of benzene rings is 1. The molecule has 21 heavy (non-hydrogen) atoms. The van der Waals surface area contributed by atoms with Crippen LogP contribution < -0.4 is 10.2 Å². The fourth-order valence-electron chi connectivity index (χ4n) is 4.29. The molecule has 116 valence electrons. The summed E-state index contributed by atoms with van der Waals surface area (Å²) in [7, 11) is 2.19. The van der Waals surface area contributed by atoms with Gasteiger partial charge < -0.3 is 10.2 Å². The van der Waals surface area contributed by atoms with E-state index in [1.807, 2.05) is 0 Å². The lowest BCUT2D eigenvalue weighted by molar-refractivity contribution is 0.337. The third kappa shape index (κ3) is 3.37. The van der Waals surface area contributed by atoms with Gasteiger partial charge in [0, 0.05) is 20.1 Å². The highest BCUT2D eigenvalue weighted by molar-refractivity contribution is 6.33. The minimum absolute atomic E-state index is 0.881. The molecule has 0 aliphatic heterocycles. The monoisotopic (exact) mass is 306 g/mol. The van der Waals surface area contributed by atoms with Gasteiger partial charge in [-0.15, -0.1) is 0 Å². The molecule has 2 bridgehead atoms. The zero-order valence-electron chi connectivity index (χ0n) is 13.2. The maximum absolute atomic E-state index is 6.50. The van der Waals surface area contributed by atoms with Crippen LogP contribution in [0, 0.1) is 17.8 Å². The first-order valence-corrected chi connectivity index (χ1v) is 8.75. The van der Waals surface area contributed by atoms with Crippen LogP contribution in [0.4, 0.5) is 5.69 Å². The van der Waals surface area contributed by atoms with Gasteiger partial charge in [-0.2, -0.15) is 0 Å². The van der Waals surface area contributed by atoms with Gasteiger partial charge in [0.2, 0.25) is 0 Å². The van der Waals surface area contributed by atoms with Crippen LogP contribution >= 0.6 is 11.6 Å². The summed E-state index contributed by atoms with van der Waals surface area (Å²) in [6.45, 7) is 5.17. The Morgan fingerprint density at radius 2 is 2.14 bits per heavy atom. The summed E-state index contributed by atoms with van der Waals surface area (Å²) in [5.41, 5.74) is 2.44. The lowest BCUT2D eigenvalue weighted by Gasteiger charge is -2.29. The number of fused-ring (bicyclic) bond motifs is 2. The normalized spacial score (nSPS) is 27.3. The molecule has 0 amide bonds. The second-order valence-electron chi connectivity index (χ2n) is 6.88. The average molecular weight is 307 g/mol. The van der Waals surface area contributed by atoms with Gasteiger partial charge in [-0.3, -0.25) is 0 Å². The maximum Gasteiger partial charge on any atom is 0.0642 e. The second kappa shape index (κ2) is 6.58. The van der Waals surface area contributed by atoms with E-state index in [9.17, 15) is 0 Å². The molecule has 1 aromatic carbocycles. The molecule has 2 aliphatic carbocycles. The van der Waals surface area contributed by atoms with Crippen molar-refractivity contribution in [2.24, 2.45) is 17.8 Å². The Hall–Kier alpha value is -0.730. The highest BCUT2D eigenvalue weighted by Gasteiger charge is 2.39. The molecule has 0 aromatic heterocycles. The lowest BCUT2D eigenvalue weighted by Crippen LogP contribution is -2.28. The summed E-state index contributed by atoms with van der Waals surface area (Å²) in [6.07, 6.45) is 5.85. The number of nitrogens with one attached hydrogen (secondary N) is 1. The first-order valence-electron chi connectivity index (χ1n) is 8.37. The molecule has 0 heterocycles. The molecule has 2 aliphatic rings. The van der Waals surface area contributed by atoms with Crippen LogP contribution in [0.2, 0.25) is 5.02 Å². The van der Waals surface area contributed by atoms with Gasteiger partial charge in [-0.05, 0) is 61.3 Å². The van der Waals surface area contributed by atoms with Gasteiger partial charge in [0.05, 0.1) is 10.7 Å². The summed E-state index contributed by atoms with van der Waals surface area (Å²) >= 11 is 6.50. The first-order chi connectivity index (χ1) is 10.2. The minimum atomic E-state index is 0.881. The van der Waals surface area contributed by atoms with E-state index >= 15 is 0 Å². The molecule has 0 radical (unpaired) electrons. The summed E-state index contributed by atoms with van der Waals surface area (Å²) in [5, 5.41) is 4.23. The van der Waals surface area contributed by atoms with Crippen LogP contribution in [-0.4, -0.2) is 20.1 Å². The third-order valence-electron chi connectivity index (χ3n) is 5.40. The molecule has 3 rings (SSSR count). The number of halogens is 1. The van der Waals surface area contributed by atoms with Crippen LogP contribution in [0.5, 0.6) is 0 Å². The molecule has 1 aromatic rings. The van der Waals surface area contributed by atoms with Gasteiger partial charge in [-0.1, -0.05) is 31.0 Å². The van der Waals surface area contributed by atoms with Crippen molar-refractivity contribution >= 4 is 17.3 Å². The molecule has 1 N–H and O–H groups in total. The molecule has 0 spiro atoms. The van der Waals surface area contributed by atoms with Crippen molar-refractivity contribution in [2.45, 2.75) is 39.2 Å². The summed E-state index contributed by atoms with van der Waals surface area (Å²) in [5.74, 6) is 2.88. The summed E-state index contributed by atoms with van der Waals surface area (Å²) < 4.78 is 0. The Bertz CT molecular complexity index is 488. The molecule has 0 saturated heterocycles. The highest BCUT2D eigenvalue weighted by Crippen LogP contribution is 2.48. The number of anilines is 1. The molecule has 3 heteroatoms. The van der Waals surface area contributed by atoms with Gasteiger partial charge >= 0.3 is 0 Å². The van der Waals surface area contributed by atoms with Crippen LogP contribution in [0.25, 0.3) is 0 Å². The number of hydrogen-bond acceptors (Lipinski definition) is 2. The van der Waals surface area contributed by atoms with Crippen molar-refractivity contribution in [3.8, 4) is 0 Å². The van der Waals surface area contributed by atoms with Crippen LogP contribution in [-0.2, 0) is 6.54 Å².